The van der Waals surface area contributed by atoms with Crippen molar-refractivity contribution in [2.45, 2.75) is 53.1 Å². The second-order valence-corrected chi connectivity index (χ2v) is 5.27. The Labute approximate surface area is 110 Å². The number of nitrogens with one attached hydrogen (secondary N) is 1. The van der Waals surface area contributed by atoms with Crippen LogP contribution in [0.4, 0.5) is 0 Å². The van der Waals surface area contributed by atoms with E-state index in [4.69, 9.17) is 5.26 Å². The summed E-state index contributed by atoms with van der Waals surface area (Å²) in [6, 6.07) is 2.35. The zero-order valence-electron chi connectivity index (χ0n) is 11.7. The average molecular weight is 248 g/mol. The number of hydrogen-bond acceptors (Lipinski definition) is 3. The topological polar surface area (TPSA) is 53.6 Å². The molecule has 1 N–H and O–H groups in total. The van der Waals surface area contributed by atoms with E-state index in [2.05, 4.69) is 27.9 Å². The fraction of sp³-hybridized carbons (Fsp3) is 0.714. The molecule has 0 aromatic carbocycles. The molecule has 0 unspecified atom stereocenters. The molecule has 0 atom stereocenters. The normalized spacial score (nSPS) is 11.4. The Morgan fingerprint density at radius 2 is 2.22 bits per heavy atom. The van der Waals surface area contributed by atoms with Gasteiger partial charge in [-0.25, -0.2) is 4.98 Å². The highest BCUT2D eigenvalue weighted by atomic mass is 15.1. The Morgan fingerprint density at radius 1 is 1.44 bits per heavy atom. The van der Waals surface area contributed by atoms with Crippen LogP contribution in [0.25, 0.3) is 0 Å². The molecule has 0 amide bonds. The van der Waals surface area contributed by atoms with Crippen LogP contribution >= 0.6 is 0 Å². The van der Waals surface area contributed by atoms with Crippen molar-refractivity contribution in [1.82, 2.24) is 14.9 Å². The fourth-order valence-corrected chi connectivity index (χ4v) is 1.85. The molecule has 0 aliphatic heterocycles. The molecular formula is C14H24N4. The fourth-order valence-electron chi connectivity index (χ4n) is 1.85. The van der Waals surface area contributed by atoms with Gasteiger partial charge < -0.3 is 9.88 Å². The monoisotopic (exact) mass is 248 g/mol. The average Bonchev–Trinajstić information content (AvgIpc) is 2.79. The van der Waals surface area contributed by atoms with Gasteiger partial charge in [-0.2, -0.15) is 5.26 Å². The Hall–Kier alpha value is -1.34. The molecule has 0 radical (unpaired) electrons. The van der Waals surface area contributed by atoms with E-state index in [-0.39, 0.29) is 5.41 Å². The van der Waals surface area contributed by atoms with Crippen molar-refractivity contribution in [1.29, 1.82) is 5.26 Å². The van der Waals surface area contributed by atoms with Crippen molar-refractivity contribution < 1.29 is 0 Å². The van der Waals surface area contributed by atoms with Crippen LogP contribution in [0.5, 0.6) is 0 Å². The summed E-state index contributed by atoms with van der Waals surface area (Å²) in [4.78, 5) is 4.35. The number of imidazole rings is 1. The summed E-state index contributed by atoms with van der Waals surface area (Å²) in [6.45, 7) is 8.87. The van der Waals surface area contributed by atoms with E-state index in [9.17, 15) is 0 Å². The van der Waals surface area contributed by atoms with Crippen molar-refractivity contribution in [3.63, 3.8) is 0 Å². The van der Waals surface area contributed by atoms with Gasteiger partial charge in [-0.1, -0.05) is 13.3 Å². The van der Waals surface area contributed by atoms with Crippen LogP contribution < -0.4 is 5.32 Å². The molecule has 18 heavy (non-hydrogen) atoms. The molecule has 0 fully saturated rings. The molecule has 0 spiro atoms. The SMILES string of the molecule is CCNCc1nccn1CCCCC(C)(C)C#N. The van der Waals surface area contributed by atoms with Gasteiger partial charge in [0.1, 0.15) is 5.82 Å². The molecule has 0 aliphatic rings. The summed E-state index contributed by atoms with van der Waals surface area (Å²) in [5.74, 6) is 1.09. The van der Waals surface area contributed by atoms with E-state index in [1.165, 1.54) is 0 Å². The summed E-state index contributed by atoms with van der Waals surface area (Å²) in [6.07, 6.45) is 7.02. The van der Waals surface area contributed by atoms with Gasteiger partial charge in [0.15, 0.2) is 0 Å². The Balaban J connectivity index is 2.31. The third-order valence-electron chi connectivity index (χ3n) is 3.09. The van der Waals surface area contributed by atoms with Crippen molar-refractivity contribution in [3.05, 3.63) is 18.2 Å². The predicted octanol–water partition coefficient (Wildman–Crippen LogP) is 2.71. The molecule has 0 saturated heterocycles. The van der Waals surface area contributed by atoms with E-state index < -0.39 is 0 Å². The highest BCUT2D eigenvalue weighted by molar-refractivity contribution is 4.93. The number of rotatable bonds is 8. The van der Waals surface area contributed by atoms with E-state index in [0.717, 1.165) is 44.7 Å². The summed E-state index contributed by atoms with van der Waals surface area (Å²) >= 11 is 0. The van der Waals surface area contributed by atoms with Gasteiger partial charge >= 0.3 is 0 Å². The van der Waals surface area contributed by atoms with E-state index in [1.54, 1.807) is 0 Å². The summed E-state index contributed by atoms with van der Waals surface area (Å²) in [5.41, 5.74) is -0.193. The molecule has 100 valence electrons. The minimum absolute atomic E-state index is 0.193. The van der Waals surface area contributed by atoms with Crippen LogP contribution in [-0.2, 0) is 13.1 Å². The summed E-state index contributed by atoms with van der Waals surface area (Å²) < 4.78 is 2.20. The Morgan fingerprint density at radius 3 is 2.89 bits per heavy atom. The zero-order valence-corrected chi connectivity index (χ0v) is 11.7. The summed E-state index contributed by atoms with van der Waals surface area (Å²) in [7, 11) is 0. The van der Waals surface area contributed by atoms with Gasteiger partial charge in [-0.15, -0.1) is 0 Å². The van der Waals surface area contributed by atoms with Crippen molar-refractivity contribution in [3.8, 4) is 6.07 Å². The van der Waals surface area contributed by atoms with Crippen LogP contribution in [0.1, 0.15) is 45.9 Å². The lowest BCUT2D eigenvalue weighted by Gasteiger charge is -2.14. The molecule has 1 aromatic heterocycles. The van der Waals surface area contributed by atoms with Gasteiger partial charge in [0.05, 0.1) is 18.0 Å². The standard InChI is InChI=1S/C14H24N4/c1-4-16-11-13-17-8-10-18(13)9-6-5-7-14(2,3)12-15/h8,10,16H,4-7,9,11H2,1-3H3. The molecule has 1 heterocycles. The molecule has 1 aromatic rings. The minimum atomic E-state index is -0.193. The number of nitrogens with zero attached hydrogens (tertiary/aromatic N) is 3. The second-order valence-electron chi connectivity index (χ2n) is 5.27. The number of aryl methyl sites for hydroxylation is 1. The second kappa shape index (κ2) is 7.17. The third-order valence-corrected chi connectivity index (χ3v) is 3.09. The first-order valence-corrected chi connectivity index (χ1v) is 6.71. The maximum absolute atomic E-state index is 8.95. The first-order chi connectivity index (χ1) is 8.59. The van der Waals surface area contributed by atoms with Crippen molar-refractivity contribution in [2.24, 2.45) is 5.41 Å². The molecule has 4 heteroatoms. The van der Waals surface area contributed by atoms with Crippen molar-refractivity contribution in [2.75, 3.05) is 6.54 Å². The highest BCUT2D eigenvalue weighted by Gasteiger charge is 2.15. The molecule has 4 nitrogen and oxygen atoms in total. The molecule has 1 rings (SSSR count). The molecule has 0 bridgehead atoms. The number of unbranched alkanes of at least 4 members (excludes halogenated alkanes) is 1. The number of aromatic nitrogens is 2. The summed E-state index contributed by atoms with van der Waals surface area (Å²) in [5, 5.41) is 12.2. The molecule has 0 saturated carbocycles. The van der Waals surface area contributed by atoms with Gasteiger partial charge in [-0.3, -0.25) is 0 Å². The lowest BCUT2D eigenvalue weighted by atomic mass is 9.89. The van der Waals surface area contributed by atoms with E-state index in [1.807, 2.05) is 26.2 Å². The smallest absolute Gasteiger partial charge is 0.122 e. The minimum Gasteiger partial charge on any atom is -0.334 e. The first kappa shape index (κ1) is 14.7. The van der Waals surface area contributed by atoms with Gasteiger partial charge in [0.2, 0.25) is 0 Å². The number of hydrogen-bond donors (Lipinski definition) is 1. The zero-order chi connectivity index (χ0) is 13.4. The van der Waals surface area contributed by atoms with Crippen LogP contribution in [0.15, 0.2) is 12.4 Å². The predicted molar refractivity (Wildman–Crippen MR) is 72.9 cm³/mol. The number of nitriles is 1. The molecular weight excluding hydrogens is 224 g/mol. The lowest BCUT2D eigenvalue weighted by Crippen LogP contribution is -2.16. The first-order valence-electron chi connectivity index (χ1n) is 6.71. The van der Waals surface area contributed by atoms with Gasteiger partial charge in [-0.05, 0) is 33.2 Å². The van der Waals surface area contributed by atoms with Crippen LogP contribution in [0.3, 0.4) is 0 Å². The third kappa shape index (κ3) is 4.89. The quantitative estimate of drug-likeness (QED) is 0.720. The maximum atomic E-state index is 8.95. The van der Waals surface area contributed by atoms with Crippen molar-refractivity contribution >= 4 is 0 Å². The Kier molecular flexibility index (Phi) is 5.87. The van der Waals surface area contributed by atoms with Crippen LogP contribution in [0.2, 0.25) is 0 Å². The largest absolute Gasteiger partial charge is 0.334 e. The lowest BCUT2D eigenvalue weighted by molar-refractivity contribution is 0.414. The Bertz CT molecular complexity index is 387. The van der Waals surface area contributed by atoms with Crippen LogP contribution in [0, 0.1) is 16.7 Å². The van der Waals surface area contributed by atoms with E-state index in [0.29, 0.717) is 0 Å². The van der Waals surface area contributed by atoms with Gasteiger partial charge in [0, 0.05) is 18.9 Å². The molecule has 0 aliphatic carbocycles. The highest BCUT2D eigenvalue weighted by Crippen LogP contribution is 2.21. The maximum Gasteiger partial charge on any atom is 0.122 e. The van der Waals surface area contributed by atoms with Crippen LogP contribution in [-0.4, -0.2) is 16.1 Å². The van der Waals surface area contributed by atoms with Gasteiger partial charge in [0.25, 0.3) is 0 Å². The van der Waals surface area contributed by atoms with E-state index >= 15 is 0 Å².